The van der Waals surface area contributed by atoms with E-state index in [1.807, 2.05) is 59.1 Å². The number of ketones is 4. The van der Waals surface area contributed by atoms with Crippen LogP contribution in [0.5, 0.6) is 0 Å². The van der Waals surface area contributed by atoms with Crippen molar-refractivity contribution in [1.29, 1.82) is 0 Å². The van der Waals surface area contributed by atoms with Gasteiger partial charge in [0, 0.05) is 58.0 Å². The topological polar surface area (TPSA) is 68.3 Å². The molecule has 46 heavy (non-hydrogen) atoms. The first kappa shape index (κ1) is 27.1. The molecule has 222 valence electrons. The molecular formula is C38H22O4S4. The Kier molecular flexibility index (Phi) is 5.58. The second-order valence-corrected chi connectivity index (χ2v) is 16.7. The number of carbonyl (C=O) groups is 4. The molecule has 4 aromatic heterocycles. The highest BCUT2D eigenvalue weighted by atomic mass is 32.1. The maximum Gasteiger partial charge on any atom is 0.234 e. The van der Waals surface area contributed by atoms with Crippen LogP contribution < -0.4 is 0 Å². The fraction of sp³-hybridized carbons (Fsp3) is 0.158. The van der Waals surface area contributed by atoms with Gasteiger partial charge in [-0.2, -0.15) is 0 Å². The SMILES string of the molecule is O=C1C(=O)c2ccccc2/C1=C/c1cc2sc3c(c2s1)C1(CCCCC1)c1c-3sc2cc(/C=C3\C(=O)C(=O)c4ccccc43)sc12. The zero-order chi connectivity index (χ0) is 30.9. The molecule has 0 saturated heterocycles. The van der Waals surface area contributed by atoms with E-state index < -0.39 is 23.1 Å². The molecular weight excluding hydrogens is 649 g/mol. The Labute approximate surface area is 279 Å². The van der Waals surface area contributed by atoms with Crippen molar-refractivity contribution in [3.63, 3.8) is 0 Å². The van der Waals surface area contributed by atoms with Gasteiger partial charge < -0.3 is 0 Å². The molecule has 4 heterocycles. The summed E-state index contributed by atoms with van der Waals surface area (Å²) in [6, 6.07) is 19.0. The third-order valence-electron chi connectivity index (χ3n) is 10.0. The van der Waals surface area contributed by atoms with Gasteiger partial charge in [0.2, 0.25) is 23.1 Å². The first-order valence-corrected chi connectivity index (χ1v) is 18.6. The fourth-order valence-electron chi connectivity index (χ4n) is 8.06. The first-order chi connectivity index (χ1) is 22.4. The Balaban J connectivity index is 1.11. The highest BCUT2D eigenvalue weighted by Gasteiger charge is 2.49. The van der Waals surface area contributed by atoms with E-state index in [9.17, 15) is 19.2 Å². The average Bonchev–Trinajstić information content (AvgIpc) is 3.91. The number of carbonyl (C=O) groups excluding carboxylic acids is 4. The molecule has 1 saturated carbocycles. The standard InChI is InChI=1S/C38H22O4S4/c39-30-22-10-4-2-8-20(22)24(32(30)41)14-18-16-26-34(43-18)28-36(45-26)37-29(38(28)12-6-1-7-13-38)35-27(46-37)17-19(44-35)15-25-21-9-3-5-11-23(21)31(40)33(25)42/h2-5,8-11,14-17H,1,6-7,12-13H2/b24-14-,25-15-. The molecule has 4 aliphatic carbocycles. The molecule has 0 radical (unpaired) electrons. The summed E-state index contributed by atoms with van der Waals surface area (Å²) in [6.07, 6.45) is 9.64. The van der Waals surface area contributed by atoms with Crippen molar-refractivity contribution in [1.82, 2.24) is 0 Å². The molecule has 4 aliphatic rings. The predicted octanol–water partition coefficient (Wildman–Crippen LogP) is 10.1. The van der Waals surface area contributed by atoms with Crippen LogP contribution in [0.4, 0.5) is 0 Å². The minimum atomic E-state index is -0.424. The highest BCUT2D eigenvalue weighted by Crippen LogP contribution is 2.66. The predicted molar refractivity (Wildman–Crippen MR) is 190 cm³/mol. The number of hydrogen-bond donors (Lipinski definition) is 0. The Morgan fingerprint density at radius 1 is 0.522 bits per heavy atom. The van der Waals surface area contributed by atoms with Gasteiger partial charge in [-0.25, -0.2) is 0 Å². The summed E-state index contributed by atoms with van der Waals surface area (Å²) in [6.45, 7) is 0. The van der Waals surface area contributed by atoms with Crippen LogP contribution in [-0.4, -0.2) is 23.1 Å². The van der Waals surface area contributed by atoms with Gasteiger partial charge in [-0.3, -0.25) is 19.2 Å². The number of thiophene rings is 4. The minimum Gasteiger partial charge on any atom is -0.285 e. The smallest absolute Gasteiger partial charge is 0.234 e. The average molecular weight is 671 g/mol. The summed E-state index contributed by atoms with van der Waals surface area (Å²) in [5.74, 6) is -1.69. The van der Waals surface area contributed by atoms with Crippen molar-refractivity contribution in [2.45, 2.75) is 37.5 Å². The summed E-state index contributed by atoms with van der Waals surface area (Å²) < 4.78 is 5.10. The van der Waals surface area contributed by atoms with Crippen LogP contribution in [0.3, 0.4) is 0 Å². The van der Waals surface area contributed by atoms with Crippen LogP contribution in [0.15, 0.2) is 60.7 Å². The summed E-state index contributed by atoms with van der Waals surface area (Å²) in [4.78, 5) is 56.0. The second-order valence-electron chi connectivity index (χ2n) is 12.5. The zero-order valence-corrected chi connectivity index (χ0v) is 27.5. The zero-order valence-electron chi connectivity index (χ0n) is 24.2. The van der Waals surface area contributed by atoms with Crippen molar-refractivity contribution in [3.05, 3.63) is 104 Å². The monoisotopic (exact) mass is 670 g/mol. The van der Waals surface area contributed by atoms with E-state index in [-0.39, 0.29) is 5.41 Å². The normalized spacial score (nSPS) is 19.7. The maximum absolute atomic E-state index is 12.9. The number of benzene rings is 2. The summed E-state index contributed by atoms with van der Waals surface area (Å²) in [5.41, 5.74) is 6.28. The van der Waals surface area contributed by atoms with Crippen LogP contribution in [0.1, 0.15) is 84.8 Å². The van der Waals surface area contributed by atoms with E-state index in [4.69, 9.17) is 0 Å². The second kappa shape index (κ2) is 9.48. The Hall–Kier alpha value is -4.08. The van der Waals surface area contributed by atoms with E-state index in [0.29, 0.717) is 22.3 Å². The third-order valence-corrected chi connectivity index (χ3v) is 14.9. The summed E-state index contributed by atoms with van der Waals surface area (Å²) in [5, 5.41) is 0. The number of allylic oxidation sites excluding steroid dienone is 2. The lowest BCUT2D eigenvalue weighted by molar-refractivity contribution is -0.110. The molecule has 0 aliphatic heterocycles. The van der Waals surface area contributed by atoms with Crippen LogP contribution in [0, 0.1) is 0 Å². The lowest BCUT2D eigenvalue weighted by atomic mass is 9.68. The fourth-order valence-corrected chi connectivity index (χ4v) is 13.8. The van der Waals surface area contributed by atoms with Crippen LogP contribution in [0.2, 0.25) is 0 Å². The molecule has 0 bridgehead atoms. The Morgan fingerprint density at radius 2 is 0.957 bits per heavy atom. The lowest BCUT2D eigenvalue weighted by Crippen LogP contribution is -2.27. The Bertz CT molecular complexity index is 2320. The molecule has 10 rings (SSSR count). The third kappa shape index (κ3) is 3.47. The summed E-state index contributed by atoms with van der Waals surface area (Å²) in [7, 11) is 0. The van der Waals surface area contributed by atoms with Crippen LogP contribution in [0.25, 0.3) is 51.9 Å². The van der Waals surface area contributed by atoms with E-state index in [1.54, 1.807) is 46.9 Å². The van der Waals surface area contributed by atoms with Crippen molar-refractivity contribution < 1.29 is 19.2 Å². The Morgan fingerprint density at radius 3 is 1.41 bits per heavy atom. The maximum atomic E-state index is 12.9. The molecule has 8 heteroatoms. The number of fused-ring (bicyclic) bond motifs is 11. The molecule has 0 unspecified atom stereocenters. The van der Waals surface area contributed by atoms with Gasteiger partial charge in [0.25, 0.3) is 0 Å². The van der Waals surface area contributed by atoms with E-state index >= 15 is 0 Å². The van der Waals surface area contributed by atoms with Crippen LogP contribution >= 0.6 is 45.3 Å². The quantitative estimate of drug-likeness (QED) is 0.136. The lowest BCUT2D eigenvalue weighted by Gasteiger charge is -2.35. The van der Waals surface area contributed by atoms with E-state index in [0.717, 1.165) is 33.7 Å². The molecule has 6 aromatic rings. The summed E-state index contributed by atoms with van der Waals surface area (Å²) >= 11 is 7.19. The van der Waals surface area contributed by atoms with Gasteiger partial charge in [0.1, 0.15) is 0 Å². The van der Waals surface area contributed by atoms with Crippen molar-refractivity contribution >= 4 is 111 Å². The largest absolute Gasteiger partial charge is 0.285 e. The van der Waals surface area contributed by atoms with Crippen LogP contribution in [-0.2, 0) is 15.0 Å². The molecule has 1 fully saturated rings. The van der Waals surface area contributed by atoms with Crippen molar-refractivity contribution in [2.75, 3.05) is 0 Å². The van der Waals surface area contributed by atoms with Gasteiger partial charge in [-0.1, -0.05) is 67.8 Å². The number of hydrogen-bond acceptors (Lipinski definition) is 8. The van der Waals surface area contributed by atoms with Gasteiger partial charge in [-0.15, -0.1) is 45.3 Å². The molecule has 2 aromatic carbocycles. The first-order valence-electron chi connectivity index (χ1n) is 15.4. The minimum absolute atomic E-state index is 0.0541. The van der Waals surface area contributed by atoms with Gasteiger partial charge in [0.15, 0.2) is 0 Å². The van der Waals surface area contributed by atoms with Crippen molar-refractivity contribution in [2.24, 2.45) is 0 Å². The molecule has 0 atom stereocenters. The number of rotatable bonds is 2. The molecule has 0 N–H and O–H groups in total. The van der Waals surface area contributed by atoms with Gasteiger partial charge in [-0.05, 0) is 48.3 Å². The molecule has 4 nitrogen and oxygen atoms in total. The highest BCUT2D eigenvalue weighted by molar-refractivity contribution is 7.35. The molecule has 0 amide bonds. The van der Waals surface area contributed by atoms with Gasteiger partial charge in [0.05, 0.1) is 19.2 Å². The van der Waals surface area contributed by atoms with E-state index in [2.05, 4.69) is 12.1 Å². The van der Waals surface area contributed by atoms with Crippen molar-refractivity contribution in [3.8, 4) is 9.75 Å². The molecule has 1 spiro atoms. The number of Topliss-reactive ketones (excluding diaryl/α,β-unsaturated/α-hetero) is 4. The van der Waals surface area contributed by atoms with Gasteiger partial charge >= 0.3 is 0 Å². The van der Waals surface area contributed by atoms with E-state index in [1.165, 1.54) is 58.9 Å².